The van der Waals surface area contributed by atoms with Crippen LogP contribution in [0.25, 0.3) is 0 Å². The minimum absolute atomic E-state index is 0.163. The normalized spacial score (nSPS) is 12.0. The number of aryl methyl sites for hydroxylation is 3. The molecule has 0 spiro atoms. The van der Waals surface area contributed by atoms with Crippen molar-refractivity contribution in [2.75, 3.05) is 0 Å². The number of thiophene rings is 3. The van der Waals surface area contributed by atoms with Crippen LogP contribution in [0.1, 0.15) is 119 Å². The summed E-state index contributed by atoms with van der Waals surface area (Å²) in [4.78, 5) is 3.91. The van der Waals surface area contributed by atoms with Crippen molar-refractivity contribution >= 4 is 34.0 Å². The number of rotatable bonds is 5. The fourth-order valence-corrected chi connectivity index (χ4v) is 5.62. The van der Waals surface area contributed by atoms with E-state index in [0.717, 1.165) is 18.8 Å². The van der Waals surface area contributed by atoms with Gasteiger partial charge in [0.1, 0.15) is 0 Å². The Balaban J connectivity index is 0. The summed E-state index contributed by atoms with van der Waals surface area (Å²) in [5.41, 5.74) is 21.6. The predicted molar refractivity (Wildman–Crippen MR) is 175 cm³/mol. The second-order valence-electron chi connectivity index (χ2n) is 10.8. The maximum absolute atomic E-state index is 6.10. The van der Waals surface area contributed by atoms with Crippen molar-refractivity contribution in [3.63, 3.8) is 0 Å². The van der Waals surface area contributed by atoms with Crippen LogP contribution < -0.4 is 17.2 Å². The fourth-order valence-electron chi connectivity index (χ4n) is 2.76. The van der Waals surface area contributed by atoms with Crippen LogP contribution in [0.4, 0.5) is 0 Å². The third-order valence-electron chi connectivity index (χ3n) is 4.86. The molecule has 0 amide bonds. The molecule has 0 aliphatic rings. The zero-order chi connectivity index (χ0) is 29.2. The summed E-state index contributed by atoms with van der Waals surface area (Å²) in [6, 6.07) is 6.88. The predicted octanol–water partition coefficient (Wildman–Crippen LogP) is 10.2. The molecule has 3 rings (SSSR count). The summed E-state index contributed by atoms with van der Waals surface area (Å²) in [6.45, 7) is 26.2. The van der Waals surface area contributed by atoms with Gasteiger partial charge < -0.3 is 17.2 Å². The van der Waals surface area contributed by atoms with E-state index in [1.807, 2.05) is 13.8 Å². The standard InChI is InChI=1S/C10H17NS.C9H15NS.C6H9NS.C4H10.C2H6/c1-7-5-8(12-6-7)9(11)10(2,3)4;1-3-4-8(10)9-5-7(2)6-11-9;1-5-2-3-8-6(5)4-7;1-4(2)3;1-2/h5-6,9H,11H2,1-4H3;5-6,8H,3-4,10H2,1-2H3;2-3H,4,7H2,1H3;4H,1-3H3;1-2H3/t9-;8-;;;/m01.../s1. The first-order valence-corrected chi connectivity index (χ1v) is 16.2. The molecule has 6 N–H and O–H groups in total. The molecule has 0 radical (unpaired) electrons. The van der Waals surface area contributed by atoms with Gasteiger partial charge in [-0.15, -0.1) is 34.0 Å². The lowest BCUT2D eigenvalue weighted by atomic mass is 9.86. The van der Waals surface area contributed by atoms with Gasteiger partial charge in [0.2, 0.25) is 0 Å². The third kappa shape index (κ3) is 18.0. The Morgan fingerprint density at radius 3 is 1.57 bits per heavy atom. The van der Waals surface area contributed by atoms with Crippen molar-refractivity contribution in [1.29, 1.82) is 0 Å². The van der Waals surface area contributed by atoms with Gasteiger partial charge in [-0.25, -0.2) is 0 Å². The Morgan fingerprint density at radius 2 is 1.30 bits per heavy atom. The Morgan fingerprint density at radius 1 is 0.838 bits per heavy atom. The van der Waals surface area contributed by atoms with Gasteiger partial charge in [0.25, 0.3) is 0 Å². The Hall–Kier alpha value is -1.02. The smallest absolute Gasteiger partial charge is 0.0439 e. The molecule has 0 saturated carbocycles. The van der Waals surface area contributed by atoms with E-state index < -0.39 is 0 Å². The summed E-state index contributed by atoms with van der Waals surface area (Å²) in [5, 5.41) is 6.38. The van der Waals surface area contributed by atoms with Crippen molar-refractivity contribution in [2.24, 2.45) is 28.5 Å². The molecule has 2 atom stereocenters. The SMILES string of the molecule is CC.CC(C)C.CCC[C@@H](N)c1cc(C)cs1.Cc1ccsc1CN.Cc1csc([C@H](N)C(C)(C)C)c1. The van der Waals surface area contributed by atoms with Crippen LogP contribution in [-0.4, -0.2) is 0 Å². The number of nitrogens with two attached hydrogens (primary N) is 3. The van der Waals surface area contributed by atoms with Gasteiger partial charge >= 0.3 is 0 Å². The van der Waals surface area contributed by atoms with Gasteiger partial charge in [0.15, 0.2) is 0 Å². The van der Waals surface area contributed by atoms with Crippen molar-refractivity contribution in [3.05, 3.63) is 65.7 Å². The first-order chi connectivity index (χ1) is 17.2. The Kier molecular flexibility index (Phi) is 21.5. The van der Waals surface area contributed by atoms with Crippen LogP contribution >= 0.6 is 34.0 Å². The fraction of sp³-hybridized carbons (Fsp3) is 0.613. The van der Waals surface area contributed by atoms with Crippen molar-refractivity contribution in [1.82, 2.24) is 0 Å². The van der Waals surface area contributed by atoms with Crippen molar-refractivity contribution in [3.8, 4) is 0 Å². The van der Waals surface area contributed by atoms with Crippen LogP contribution in [0, 0.1) is 32.1 Å². The van der Waals surface area contributed by atoms with Crippen molar-refractivity contribution < 1.29 is 0 Å². The molecule has 3 aromatic rings. The average Bonchev–Trinajstić information content (AvgIpc) is 3.56. The molecule has 214 valence electrons. The Labute approximate surface area is 241 Å². The third-order valence-corrected chi connectivity index (χ3v) is 8.22. The molecule has 0 unspecified atom stereocenters. The molecule has 0 aliphatic heterocycles. The highest BCUT2D eigenvalue weighted by molar-refractivity contribution is 7.10. The summed E-state index contributed by atoms with van der Waals surface area (Å²) < 4.78 is 0. The minimum Gasteiger partial charge on any atom is -0.326 e. The molecular formula is C31H57N3S3. The van der Waals surface area contributed by atoms with E-state index in [0.29, 0.717) is 6.54 Å². The summed E-state index contributed by atoms with van der Waals surface area (Å²) >= 11 is 5.26. The van der Waals surface area contributed by atoms with Gasteiger partial charge in [-0.2, -0.15) is 0 Å². The van der Waals surface area contributed by atoms with Gasteiger partial charge in [0.05, 0.1) is 0 Å². The maximum atomic E-state index is 6.10. The molecular weight excluding hydrogens is 511 g/mol. The van der Waals surface area contributed by atoms with Gasteiger partial charge in [-0.1, -0.05) is 68.7 Å². The first-order valence-electron chi connectivity index (χ1n) is 13.6. The summed E-state index contributed by atoms with van der Waals surface area (Å²) in [7, 11) is 0. The van der Waals surface area contributed by atoms with E-state index in [1.54, 1.807) is 34.0 Å². The van der Waals surface area contributed by atoms with Crippen LogP contribution in [0.3, 0.4) is 0 Å². The molecule has 37 heavy (non-hydrogen) atoms. The first kappa shape index (κ1) is 38.1. The molecule has 0 aliphatic carbocycles. The highest BCUT2D eigenvalue weighted by atomic mass is 32.1. The van der Waals surface area contributed by atoms with E-state index in [9.17, 15) is 0 Å². The van der Waals surface area contributed by atoms with E-state index in [4.69, 9.17) is 17.2 Å². The quantitative estimate of drug-likeness (QED) is 0.287. The molecule has 6 heteroatoms. The maximum Gasteiger partial charge on any atom is 0.0439 e. The largest absolute Gasteiger partial charge is 0.326 e. The second kappa shape index (κ2) is 20.9. The van der Waals surface area contributed by atoms with E-state index in [-0.39, 0.29) is 17.5 Å². The van der Waals surface area contributed by atoms with Crippen molar-refractivity contribution in [2.45, 2.75) is 115 Å². The highest BCUT2D eigenvalue weighted by Crippen LogP contribution is 2.33. The topological polar surface area (TPSA) is 78.1 Å². The molecule has 3 aromatic heterocycles. The average molecular weight is 568 g/mol. The van der Waals surface area contributed by atoms with Crippen LogP contribution in [-0.2, 0) is 6.54 Å². The van der Waals surface area contributed by atoms with E-state index in [2.05, 4.69) is 104 Å². The van der Waals surface area contributed by atoms with Crippen LogP contribution in [0.15, 0.2) is 34.3 Å². The lowest BCUT2D eigenvalue weighted by Gasteiger charge is -2.25. The van der Waals surface area contributed by atoms with Gasteiger partial charge in [-0.3, -0.25) is 0 Å². The molecule has 0 bridgehead atoms. The van der Waals surface area contributed by atoms with Gasteiger partial charge in [-0.05, 0) is 89.6 Å². The summed E-state index contributed by atoms with van der Waals surface area (Å²) in [6.07, 6.45) is 2.26. The van der Waals surface area contributed by atoms with Crippen LogP contribution in [0.5, 0.6) is 0 Å². The zero-order valence-electron chi connectivity index (χ0n) is 25.8. The van der Waals surface area contributed by atoms with E-state index in [1.165, 1.54) is 31.3 Å². The zero-order valence-corrected chi connectivity index (χ0v) is 28.2. The van der Waals surface area contributed by atoms with Crippen LogP contribution in [0.2, 0.25) is 0 Å². The minimum atomic E-state index is 0.163. The molecule has 0 aromatic carbocycles. The van der Waals surface area contributed by atoms with E-state index >= 15 is 0 Å². The molecule has 0 fully saturated rings. The molecule has 3 heterocycles. The lowest BCUT2D eigenvalue weighted by Crippen LogP contribution is -2.25. The second-order valence-corrected chi connectivity index (χ2v) is 13.6. The Bertz CT molecular complexity index is 913. The lowest BCUT2D eigenvalue weighted by molar-refractivity contribution is 0.331. The molecule has 3 nitrogen and oxygen atoms in total. The summed E-state index contributed by atoms with van der Waals surface area (Å²) in [5.74, 6) is 0.833. The monoisotopic (exact) mass is 567 g/mol. The number of hydrogen-bond donors (Lipinski definition) is 3. The highest BCUT2D eigenvalue weighted by Gasteiger charge is 2.23. The van der Waals surface area contributed by atoms with Gasteiger partial charge in [0, 0.05) is 33.3 Å². The molecule has 0 saturated heterocycles. The number of hydrogen-bond acceptors (Lipinski definition) is 6.